The number of carboxylic acid groups (broad SMARTS) is 1. The summed E-state index contributed by atoms with van der Waals surface area (Å²) in [5.74, 6) is -1.07. The fourth-order valence-electron chi connectivity index (χ4n) is 1.41. The van der Waals surface area contributed by atoms with Crippen molar-refractivity contribution in [2.45, 2.75) is 6.92 Å². The summed E-state index contributed by atoms with van der Waals surface area (Å²) in [7, 11) is 0. The molecule has 0 saturated heterocycles. The molecular formula is C12H17N3O3. The number of hydrogen-bond donors (Lipinski definition) is 3. The van der Waals surface area contributed by atoms with E-state index in [1.54, 1.807) is 12.1 Å². The highest BCUT2D eigenvalue weighted by Crippen LogP contribution is 2.14. The number of aliphatic carboxylic acids is 1. The number of amides is 2. The molecule has 0 aliphatic rings. The van der Waals surface area contributed by atoms with Crippen LogP contribution < -0.4 is 16.0 Å². The summed E-state index contributed by atoms with van der Waals surface area (Å²) in [6, 6.07) is 6.59. The first kappa shape index (κ1) is 14.0. The fourth-order valence-corrected chi connectivity index (χ4v) is 1.41. The van der Waals surface area contributed by atoms with Gasteiger partial charge in [0.1, 0.15) is 6.54 Å². The van der Waals surface area contributed by atoms with Gasteiger partial charge < -0.3 is 16.2 Å². The van der Waals surface area contributed by atoms with Gasteiger partial charge in [-0.2, -0.15) is 0 Å². The van der Waals surface area contributed by atoms with Gasteiger partial charge in [0, 0.05) is 18.8 Å². The minimum Gasteiger partial charge on any atom is -0.480 e. The Hall–Kier alpha value is -2.08. The van der Waals surface area contributed by atoms with Crippen LogP contribution in [-0.2, 0) is 4.79 Å². The highest BCUT2D eigenvalue weighted by Gasteiger charge is 2.17. The summed E-state index contributed by atoms with van der Waals surface area (Å²) in [4.78, 5) is 23.8. The quantitative estimate of drug-likeness (QED) is 0.712. The molecule has 0 spiro atoms. The van der Waals surface area contributed by atoms with Crippen LogP contribution in [0.3, 0.4) is 0 Å². The largest absolute Gasteiger partial charge is 0.480 e. The van der Waals surface area contributed by atoms with Crippen molar-refractivity contribution in [1.82, 2.24) is 5.32 Å². The maximum atomic E-state index is 11.8. The number of hydrogen-bond acceptors (Lipinski definition) is 3. The van der Waals surface area contributed by atoms with E-state index in [-0.39, 0.29) is 6.54 Å². The standard InChI is InChI=1S/C12H17N3O3/c1-9-2-4-10(5-3-9)15(8-11(16)17)12(18)14-7-6-13/h2-5H,6-8,13H2,1H3,(H,14,18)(H,16,17). The predicted molar refractivity (Wildman–Crippen MR) is 68.6 cm³/mol. The highest BCUT2D eigenvalue weighted by atomic mass is 16.4. The van der Waals surface area contributed by atoms with Gasteiger partial charge in [0.25, 0.3) is 0 Å². The summed E-state index contributed by atoms with van der Waals surface area (Å²) in [5.41, 5.74) is 6.86. The first-order valence-electron chi connectivity index (χ1n) is 5.58. The Bertz CT molecular complexity index is 417. The lowest BCUT2D eigenvalue weighted by molar-refractivity contribution is -0.135. The molecule has 0 aromatic heterocycles. The Labute approximate surface area is 105 Å². The number of anilines is 1. The number of benzene rings is 1. The molecule has 1 rings (SSSR count). The average Bonchev–Trinajstić information content (AvgIpc) is 2.34. The molecular weight excluding hydrogens is 234 g/mol. The van der Waals surface area contributed by atoms with E-state index in [2.05, 4.69) is 5.32 Å². The first-order valence-corrected chi connectivity index (χ1v) is 5.58. The van der Waals surface area contributed by atoms with Crippen LogP contribution >= 0.6 is 0 Å². The molecule has 0 radical (unpaired) electrons. The van der Waals surface area contributed by atoms with Crippen molar-refractivity contribution in [3.63, 3.8) is 0 Å². The van der Waals surface area contributed by atoms with Gasteiger partial charge in [0.2, 0.25) is 0 Å². The molecule has 2 amide bonds. The zero-order valence-electron chi connectivity index (χ0n) is 10.2. The van der Waals surface area contributed by atoms with Crippen LogP contribution in [-0.4, -0.2) is 36.7 Å². The van der Waals surface area contributed by atoms with Crippen LogP contribution in [0.1, 0.15) is 5.56 Å². The van der Waals surface area contributed by atoms with Gasteiger partial charge in [-0.25, -0.2) is 4.79 Å². The fraction of sp³-hybridized carbons (Fsp3) is 0.333. The number of carbonyl (C=O) groups excluding carboxylic acids is 1. The molecule has 0 fully saturated rings. The molecule has 0 aliphatic carbocycles. The monoisotopic (exact) mass is 251 g/mol. The molecule has 1 aromatic carbocycles. The van der Waals surface area contributed by atoms with Crippen molar-refractivity contribution in [2.24, 2.45) is 5.73 Å². The first-order chi connectivity index (χ1) is 8.54. The van der Waals surface area contributed by atoms with Gasteiger partial charge in [-0.1, -0.05) is 17.7 Å². The zero-order valence-corrected chi connectivity index (χ0v) is 10.2. The number of rotatable bonds is 5. The minimum absolute atomic E-state index is 0.306. The van der Waals surface area contributed by atoms with Crippen LogP contribution in [0, 0.1) is 6.92 Å². The van der Waals surface area contributed by atoms with Crippen molar-refractivity contribution < 1.29 is 14.7 Å². The molecule has 0 bridgehead atoms. The lowest BCUT2D eigenvalue weighted by Gasteiger charge is -2.21. The molecule has 0 saturated carbocycles. The third kappa shape index (κ3) is 4.06. The second-order valence-electron chi connectivity index (χ2n) is 3.84. The topological polar surface area (TPSA) is 95.7 Å². The Morgan fingerprint density at radius 1 is 1.33 bits per heavy atom. The van der Waals surface area contributed by atoms with E-state index in [1.165, 1.54) is 0 Å². The van der Waals surface area contributed by atoms with Crippen molar-refractivity contribution in [3.05, 3.63) is 29.8 Å². The number of urea groups is 1. The van der Waals surface area contributed by atoms with Crippen LogP contribution in [0.25, 0.3) is 0 Å². The van der Waals surface area contributed by atoms with Gasteiger partial charge in [0.15, 0.2) is 0 Å². The number of nitrogens with two attached hydrogens (primary N) is 1. The van der Waals surface area contributed by atoms with Crippen molar-refractivity contribution in [2.75, 3.05) is 24.5 Å². The van der Waals surface area contributed by atoms with E-state index >= 15 is 0 Å². The van der Waals surface area contributed by atoms with Gasteiger partial charge in [-0.3, -0.25) is 9.69 Å². The van der Waals surface area contributed by atoms with Gasteiger partial charge in [0.05, 0.1) is 0 Å². The van der Waals surface area contributed by atoms with Gasteiger partial charge in [-0.05, 0) is 19.1 Å². The van der Waals surface area contributed by atoms with E-state index < -0.39 is 12.0 Å². The molecule has 0 heterocycles. The van der Waals surface area contributed by atoms with E-state index in [0.717, 1.165) is 10.5 Å². The third-order valence-corrected chi connectivity index (χ3v) is 2.30. The average molecular weight is 251 g/mol. The minimum atomic E-state index is -1.07. The SMILES string of the molecule is Cc1ccc(N(CC(=O)O)C(=O)NCCN)cc1. The summed E-state index contributed by atoms with van der Waals surface area (Å²) >= 11 is 0. The van der Waals surface area contributed by atoms with Gasteiger partial charge in [-0.15, -0.1) is 0 Å². The summed E-state index contributed by atoms with van der Waals surface area (Å²) in [6.07, 6.45) is 0. The molecule has 0 atom stereocenters. The van der Waals surface area contributed by atoms with Crippen molar-refractivity contribution >= 4 is 17.7 Å². The summed E-state index contributed by atoms with van der Waals surface area (Å²) in [5, 5.41) is 11.4. The highest BCUT2D eigenvalue weighted by molar-refractivity contribution is 5.96. The van der Waals surface area contributed by atoms with Crippen molar-refractivity contribution in [1.29, 1.82) is 0 Å². The Kier molecular flexibility index (Phi) is 5.13. The Morgan fingerprint density at radius 3 is 2.44 bits per heavy atom. The van der Waals surface area contributed by atoms with Crippen LogP contribution in [0.5, 0.6) is 0 Å². The van der Waals surface area contributed by atoms with E-state index in [1.807, 2.05) is 19.1 Å². The molecule has 0 unspecified atom stereocenters. The molecule has 18 heavy (non-hydrogen) atoms. The van der Waals surface area contributed by atoms with Crippen LogP contribution in [0.4, 0.5) is 10.5 Å². The molecule has 98 valence electrons. The second kappa shape index (κ2) is 6.61. The molecule has 1 aromatic rings. The Morgan fingerprint density at radius 2 is 1.94 bits per heavy atom. The maximum Gasteiger partial charge on any atom is 0.323 e. The normalized spacial score (nSPS) is 9.89. The van der Waals surface area contributed by atoms with E-state index in [9.17, 15) is 9.59 Å². The Balaban J connectivity index is 2.86. The number of carboxylic acids is 1. The predicted octanol–water partition coefficient (Wildman–Crippen LogP) is 0.554. The van der Waals surface area contributed by atoms with E-state index in [4.69, 9.17) is 10.8 Å². The maximum absolute atomic E-state index is 11.8. The number of carbonyl (C=O) groups is 2. The molecule has 0 aliphatic heterocycles. The van der Waals surface area contributed by atoms with Crippen LogP contribution in [0.15, 0.2) is 24.3 Å². The van der Waals surface area contributed by atoms with E-state index in [0.29, 0.717) is 18.8 Å². The zero-order chi connectivity index (χ0) is 13.5. The van der Waals surface area contributed by atoms with Gasteiger partial charge >= 0.3 is 12.0 Å². The summed E-state index contributed by atoms with van der Waals surface area (Å²) < 4.78 is 0. The lowest BCUT2D eigenvalue weighted by Crippen LogP contribution is -2.44. The second-order valence-corrected chi connectivity index (χ2v) is 3.84. The lowest BCUT2D eigenvalue weighted by atomic mass is 10.2. The number of nitrogens with one attached hydrogen (secondary N) is 1. The number of aryl methyl sites for hydroxylation is 1. The molecule has 4 N–H and O–H groups in total. The smallest absolute Gasteiger partial charge is 0.323 e. The molecule has 6 heteroatoms. The third-order valence-electron chi connectivity index (χ3n) is 2.30. The number of nitrogens with zero attached hydrogens (tertiary/aromatic N) is 1. The summed E-state index contributed by atoms with van der Waals surface area (Å²) in [6.45, 7) is 2.14. The van der Waals surface area contributed by atoms with Crippen molar-refractivity contribution in [3.8, 4) is 0 Å². The van der Waals surface area contributed by atoms with Crippen LogP contribution in [0.2, 0.25) is 0 Å². The molecule has 6 nitrogen and oxygen atoms in total.